The number of halogens is 2. The third-order valence-electron chi connectivity index (χ3n) is 3.22. The quantitative estimate of drug-likeness (QED) is 0.878. The lowest BCUT2D eigenvalue weighted by Gasteiger charge is -2.27. The summed E-state index contributed by atoms with van der Waals surface area (Å²) in [6.07, 6.45) is 0.852. The first-order chi connectivity index (χ1) is 9.24. The van der Waals surface area contributed by atoms with E-state index in [2.05, 4.69) is 5.32 Å². The number of nitrogens with one attached hydrogen (secondary N) is 1. The molecule has 0 bridgehead atoms. The van der Waals surface area contributed by atoms with E-state index >= 15 is 0 Å². The molecule has 2 aromatic rings. The fourth-order valence-corrected chi connectivity index (χ4v) is 2.51. The van der Waals surface area contributed by atoms with Crippen LogP contribution in [-0.2, 0) is 0 Å². The summed E-state index contributed by atoms with van der Waals surface area (Å²) in [5, 5.41) is 3.75. The summed E-state index contributed by atoms with van der Waals surface area (Å²) < 4.78 is 18.6. The van der Waals surface area contributed by atoms with Crippen LogP contribution in [0.15, 0.2) is 42.5 Å². The number of anilines is 1. The number of fused-ring (bicyclic) bond motifs is 1. The van der Waals surface area contributed by atoms with Gasteiger partial charge in [0.25, 0.3) is 0 Å². The van der Waals surface area contributed by atoms with Crippen molar-refractivity contribution in [2.45, 2.75) is 12.5 Å². The summed E-state index contributed by atoms with van der Waals surface area (Å²) >= 11 is 6.04. The summed E-state index contributed by atoms with van der Waals surface area (Å²) in [6, 6.07) is 12.4. The highest BCUT2D eigenvalue weighted by molar-refractivity contribution is 6.33. The van der Waals surface area contributed by atoms with Crippen LogP contribution in [0, 0.1) is 5.82 Å². The second-order valence-electron chi connectivity index (χ2n) is 4.50. The Bertz CT molecular complexity index is 602. The number of para-hydroxylation sites is 1. The summed E-state index contributed by atoms with van der Waals surface area (Å²) in [4.78, 5) is 0. The average molecular weight is 278 g/mol. The van der Waals surface area contributed by atoms with E-state index in [9.17, 15) is 4.39 Å². The van der Waals surface area contributed by atoms with E-state index in [4.69, 9.17) is 16.3 Å². The molecular weight excluding hydrogens is 265 g/mol. The molecule has 1 aliphatic rings. The first kappa shape index (κ1) is 12.3. The van der Waals surface area contributed by atoms with Gasteiger partial charge >= 0.3 is 0 Å². The van der Waals surface area contributed by atoms with Crippen molar-refractivity contribution in [1.82, 2.24) is 0 Å². The van der Waals surface area contributed by atoms with Crippen LogP contribution in [0.5, 0.6) is 5.75 Å². The monoisotopic (exact) mass is 277 g/mol. The Morgan fingerprint density at radius 3 is 2.89 bits per heavy atom. The Morgan fingerprint density at radius 2 is 2.05 bits per heavy atom. The second-order valence-corrected chi connectivity index (χ2v) is 4.90. The molecule has 4 heteroatoms. The molecule has 1 aliphatic heterocycles. The van der Waals surface area contributed by atoms with Gasteiger partial charge in [-0.15, -0.1) is 0 Å². The van der Waals surface area contributed by atoms with Crippen molar-refractivity contribution in [3.8, 4) is 5.75 Å². The van der Waals surface area contributed by atoms with Crippen molar-refractivity contribution in [3.05, 3.63) is 58.9 Å². The number of benzene rings is 2. The zero-order valence-electron chi connectivity index (χ0n) is 10.2. The van der Waals surface area contributed by atoms with Crippen molar-refractivity contribution in [3.63, 3.8) is 0 Å². The van der Waals surface area contributed by atoms with Gasteiger partial charge in [-0.1, -0.05) is 29.8 Å². The number of hydrogen-bond acceptors (Lipinski definition) is 2. The molecule has 2 aromatic carbocycles. The third kappa shape index (κ3) is 2.51. The molecule has 1 N–H and O–H groups in total. The molecule has 0 spiro atoms. The van der Waals surface area contributed by atoms with Crippen molar-refractivity contribution in [1.29, 1.82) is 0 Å². The van der Waals surface area contributed by atoms with Crippen molar-refractivity contribution in [2.24, 2.45) is 0 Å². The number of hydrogen-bond donors (Lipinski definition) is 1. The molecule has 0 saturated heterocycles. The lowest BCUT2D eigenvalue weighted by atomic mass is 10.0. The molecule has 1 heterocycles. The normalized spacial score (nSPS) is 17.5. The van der Waals surface area contributed by atoms with Crippen molar-refractivity contribution in [2.75, 3.05) is 11.9 Å². The van der Waals surface area contributed by atoms with Crippen molar-refractivity contribution >= 4 is 17.3 Å². The van der Waals surface area contributed by atoms with E-state index in [1.54, 1.807) is 6.07 Å². The first-order valence-electron chi connectivity index (χ1n) is 6.17. The average Bonchev–Trinajstić information content (AvgIpc) is 2.42. The van der Waals surface area contributed by atoms with Gasteiger partial charge in [0.1, 0.15) is 11.6 Å². The van der Waals surface area contributed by atoms with Crippen LogP contribution in [0.2, 0.25) is 5.02 Å². The van der Waals surface area contributed by atoms with Gasteiger partial charge < -0.3 is 10.1 Å². The zero-order chi connectivity index (χ0) is 13.2. The number of ether oxygens (including phenoxy) is 1. The molecule has 0 aliphatic carbocycles. The largest absolute Gasteiger partial charge is 0.493 e. The van der Waals surface area contributed by atoms with E-state index in [1.165, 1.54) is 12.1 Å². The highest BCUT2D eigenvalue weighted by Crippen LogP contribution is 2.35. The van der Waals surface area contributed by atoms with E-state index in [0.29, 0.717) is 11.6 Å². The molecule has 0 aromatic heterocycles. The van der Waals surface area contributed by atoms with E-state index in [0.717, 1.165) is 23.4 Å². The minimum atomic E-state index is -0.331. The lowest BCUT2D eigenvalue weighted by Crippen LogP contribution is -2.20. The Labute approximate surface area is 116 Å². The topological polar surface area (TPSA) is 21.3 Å². The Kier molecular flexibility index (Phi) is 3.30. The van der Waals surface area contributed by atoms with Crippen LogP contribution in [0.3, 0.4) is 0 Å². The van der Waals surface area contributed by atoms with Gasteiger partial charge in [-0.2, -0.15) is 0 Å². The summed E-state index contributed by atoms with van der Waals surface area (Å²) in [6.45, 7) is 0.660. The maximum absolute atomic E-state index is 13.0. The smallest absolute Gasteiger partial charge is 0.124 e. The predicted octanol–water partition coefficient (Wildman–Crippen LogP) is 4.41. The van der Waals surface area contributed by atoms with E-state index in [1.807, 2.05) is 24.3 Å². The highest BCUT2D eigenvalue weighted by atomic mass is 35.5. The maximum atomic E-state index is 13.0. The van der Waals surface area contributed by atoms with Gasteiger partial charge in [0.15, 0.2) is 0 Å². The molecule has 0 saturated carbocycles. The molecule has 1 atom stereocenters. The fourth-order valence-electron chi connectivity index (χ4n) is 2.29. The molecule has 98 valence electrons. The molecule has 1 unspecified atom stereocenters. The molecule has 0 amide bonds. The summed E-state index contributed by atoms with van der Waals surface area (Å²) in [5.41, 5.74) is 1.85. The fraction of sp³-hybridized carbons (Fsp3) is 0.200. The van der Waals surface area contributed by atoms with Crippen molar-refractivity contribution < 1.29 is 9.13 Å². The van der Waals surface area contributed by atoms with Crippen LogP contribution >= 0.6 is 11.6 Å². The van der Waals surface area contributed by atoms with E-state index in [-0.39, 0.29) is 11.9 Å². The molecule has 0 radical (unpaired) electrons. The third-order valence-corrected chi connectivity index (χ3v) is 3.53. The van der Waals surface area contributed by atoms with Crippen LogP contribution in [0.1, 0.15) is 18.0 Å². The SMILES string of the molecule is Fc1ccc(NC2CCOc3ccccc32)c(Cl)c1. The molecule has 0 fully saturated rings. The summed E-state index contributed by atoms with van der Waals surface area (Å²) in [7, 11) is 0. The minimum absolute atomic E-state index is 0.132. The van der Waals surface area contributed by atoms with Gasteiger partial charge in [0.2, 0.25) is 0 Å². The van der Waals surface area contributed by atoms with E-state index < -0.39 is 0 Å². The zero-order valence-corrected chi connectivity index (χ0v) is 11.0. The first-order valence-corrected chi connectivity index (χ1v) is 6.55. The highest BCUT2D eigenvalue weighted by Gasteiger charge is 2.21. The van der Waals surface area contributed by atoms with Crippen LogP contribution in [0.25, 0.3) is 0 Å². The summed E-state index contributed by atoms with van der Waals surface area (Å²) in [5.74, 6) is 0.562. The van der Waals surface area contributed by atoms with Gasteiger partial charge in [-0.25, -0.2) is 4.39 Å². The molecule has 2 nitrogen and oxygen atoms in total. The maximum Gasteiger partial charge on any atom is 0.124 e. The van der Waals surface area contributed by atoms with Crippen LogP contribution < -0.4 is 10.1 Å². The van der Waals surface area contributed by atoms with Gasteiger partial charge in [-0.3, -0.25) is 0 Å². The Balaban J connectivity index is 1.88. The van der Waals surface area contributed by atoms with Gasteiger partial charge in [0.05, 0.1) is 23.4 Å². The van der Waals surface area contributed by atoms with Crippen LogP contribution in [-0.4, -0.2) is 6.61 Å². The standard InChI is InChI=1S/C15H13ClFNO/c16-12-9-10(17)5-6-14(12)18-13-7-8-19-15-4-2-1-3-11(13)15/h1-6,9,13,18H,7-8H2. The lowest BCUT2D eigenvalue weighted by molar-refractivity contribution is 0.274. The van der Waals surface area contributed by atoms with Gasteiger partial charge in [0, 0.05) is 12.0 Å². The Hall–Kier alpha value is -1.74. The molecule has 19 heavy (non-hydrogen) atoms. The Morgan fingerprint density at radius 1 is 1.21 bits per heavy atom. The predicted molar refractivity (Wildman–Crippen MR) is 74.3 cm³/mol. The molecular formula is C15H13ClFNO. The minimum Gasteiger partial charge on any atom is -0.493 e. The number of rotatable bonds is 2. The van der Waals surface area contributed by atoms with Gasteiger partial charge in [-0.05, 0) is 24.3 Å². The molecule has 3 rings (SSSR count). The second kappa shape index (κ2) is 5.10. The van der Waals surface area contributed by atoms with Crippen LogP contribution in [0.4, 0.5) is 10.1 Å².